The van der Waals surface area contributed by atoms with E-state index in [0.29, 0.717) is 41.0 Å². The second-order valence-electron chi connectivity index (χ2n) is 10.6. The number of rotatable bonds is 9. The molecule has 2 fully saturated rings. The molecule has 2 saturated heterocycles. The summed E-state index contributed by atoms with van der Waals surface area (Å²) in [6.07, 6.45) is 3.04. The van der Waals surface area contributed by atoms with Crippen LogP contribution >= 0.6 is 11.6 Å². The molecule has 0 spiro atoms. The van der Waals surface area contributed by atoms with Crippen molar-refractivity contribution >= 4 is 32.5 Å². The molecule has 9 nitrogen and oxygen atoms in total. The molecule has 0 bridgehead atoms. The highest BCUT2D eigenvalue weighted by Gasteiger charge is 2.26. The molecule has 0 radical (unpaired) electrons. The molecule has 2 aliphatic heterocycles. The van der Waals surface area contributed by atoms with Crippen LogP contribution in [0.3, 0.4) is 0 Å². The lowest BCUT2D eigenvalue weighted by molar-refractivity contribution is -0.0592. The molecular weight excluding hydrogens is 567 g/mol. The highest BCUT2D eigenvalue weighted by molar-refractivity contribution is 7.90. The Bertz CT molecular complexity index is 1670. The van der Waals surface area contributed by atoms with Gasteiger partial charge in [0.15, 0.2) is 0 Å². The average molecular weight is 599 g/mol. The third-order valence-electron chi connectivity index (χ3n) is 7.84. The van der Waals surface area contributed by atoms with Crippen molar-refractivity contribution in [3.63, 3.8) is 0 Å². The van der Waals surface area contributed by atoms with E-state index in [9.17, 15) is 8.60 Å². The van der Waals surface area contributed by atoms with Crippen LogP contribution in [-0.4, -0.2) is 49.4 Å². The highest BCUT2D eigenvalue weighted by atomic mass is 35.5. The molecule has 2 atom stereocenters. The first-order valence-electron chi connectivity index (χ1n) is 13.7. The van der Waals surface area contributed by atoms with Crippen molar-refractivity contribution in [1.29, 1.82) is 4.78 Å². The summed E-state index contributed by atoms with van der Waals surface area (Å²) >= 11 is 5.85. The normalized spacial score (nSPS) is 19.6. The number of hydrogen-bond donors (Lipinski definition) is 2. The molecule has 3 N–H and O–H groups in total. The van der Waals surface area contributed by atoms with Crippen molar-refractivity contribution in [2.45, 2.75) is 55.9 Å². The van der Waals surface area contributed by atoms with E-state index in [2.05, 4.69) is 9.47 Å². The largest absolute Gasteiger partial charge is 0.473 e. The number of halogens is 2. The van der Waals surface area contributed by atoms with Gasteiger partial charge >= 0.3 is 0 Å². The standard InChI is InChI=1S/C29H32ClFN6O3S/c30-21-5-4-20(24(31)14-21)18-40-29-3-1-2-25(35-29)19-8-11-36(12-9-19)17-28-34-26-15-23(41(32,33)38)6-7-27(26)37(28)16-22-10-13-39-22/h1-7,14-15,19,22H,8-13,16-18H2,(H3,32,33,38). The number of hydrogen-bond acceptors (Lipinski definition) is 7. The Morgan fingerprint density at radius 2 is 1.93 bits per heavy atom. The second-order valence-corrected chi connectivity index (χ2v) is 12.8. The first kappa shape index (κ1) is 28.0. The molecule has 0 saturated carbocycles. The van der Waals surface area contributed by atoms with Gasteiger partial charge in [0.05, 0.1) is 35.1 Å². The van der Waals surface area contributed by atoms with Gasteiger partial charge < -0.3 is 14.0 Å². The topological polar surface area (TPSA) is 119 Å². The number of benzene rings is 2. The zero-order chi connectivity index (χ0) is 28.6. The second kappa shape index (κ2) is 11.7. The first-order chi connectivity index (χ1) is 19.7. The smallest absolute Gasteiger partial charge is 0.213 e. The summed E-state index contributed by atoms with van der Waals surface area (Å²) < 4.78 is 47.7. The minimum atomic E-state index is -3.32. The van der Waals surface area contributed by atoms with Crippen LogP contribution in [0.1, 0.15) is 42.3 Å². The van der Waals surface area contributed by atoms with Gasteiger partial charge in [0.1, 0.15) is 28.2 Å². The molecule has 2 aromatic heterocycles. The van der Waals surface area contributed by atoms with Crippen LogP contribution in [0, 0.1) is 10.6 Å². The lowest BCUT2D eigenvalue weighted by Gasteiger charge is -2.32. The van der Waals surface area contributed by atoms with Crippen LogP contribution < -0.4 is 9.88 Å². The maximum Gasteiger partial charge on any atom is 0.213 e. The summed E-state index contributed by atoms with van der Waals surface area (Å²) in [5.41, 5.74) is 3.02. The number of nitrogens with two attached hydrogens (primary N) is 1. The number of nitrogens with zero attached hydrogens (tertiary/aromatic N) is 4. The molecule has 4 aromatic rings. The molecule has 4 heterocycles. The van der Waals surface area contributed by atoms with Gasteiger partial charge in [-0.15, -0.1) is 0 Å². The lowest BCUT2D eigenvalue weighted by Crippen LogP contribution is -2.35. The van der Waals surface area contributed by atoms with Gasteiger partial charge in [-0.2, -0.15) is 0 Å². The Labute approximate surface area is 243 Å². The minimum absolute atomic E-state index is 0.0798. The van der Waals surface area contributed by atoms with E-state index in [-0.39, 0.29) is 17.6 Å². The van der Waals surface area contributed by atoms with Gasteiger partial charge in [-0.3, -0.25) is 4.90 Å². The van der Waals surface area contributed by atoms with Gasteiger partial charge in [0.25, 0.3) is 0 Å². The fourth-order valence-electron chi connectivity index (χ4n) is 5.42. The molecule has 41 heavy (non-hydrogen) atoms. The maximum atomic E-state index is 14.1. The van der Waals surface area contributed by atoms with Crippen molar-refractivity contribution in [2.24, 2.45) is 5.14 Å². The van der Waals surface area contributed by atoms with E-state index in [1.165, 1.54) is 6.07 Å². The number of fused-ring (bicyclic) bond motifs is 1. The molecule has 2 aliphatic rings. The summed E-state index contributed by atoms with van der Waals surface area (Å²) in [7, 11) is -3.32. The van der Waals surface area contributed by atoms with Gasteiger partial charge in [0.2, 0.25) is 5.88 Å². The highest BCUT2D eigenvalue weighted by Crippen LogP contribution is 2.30. The maximum absolute atomic E-state index is 14.1. The Morgan fingerprint density at radius 3 is 2.63 bits per heavy atom. The third-order valence-corrected chi connectivity index (χ3v) is 9.02. The van der Waals surface area contributed by atoms with Crippen molar-refractivity contribution < 1.29 is 18.1 Å². The number of aromatic nitrogens is 3. The fraction of sp³-hybridized carbons (Fsp3) is 0.379. The van der Waals surface area contributed by atoms with Gasteiger partial charge in [-0.05, 0) is 68.8 Å². The van der Waals surface area contributed by atoms with E-state index < -0.39 is 15.7 Å². The fourth-order valence-corrected chi connectivity index (χ4v) is 6.14. The van der Waals surface area contributed by atoms with E-state index in [4.69, 9.17) is 41.0 Å². The monoisotopic (exact) mass is 598 g/mol. The van der Waals surface area contributed by atoms with Crippen LogP contribution in [0.15, 0.2) is 59.5 Å². The quantitative estimate of drug-likeness (QED) is 0.272. The summed E-state index contributed by atoms with van der Waals surface area (Å²) in [5, 5.41) is 5.93. The van der Waals surface area contributed by atoms with E-state index in [1.54, 1.807) is 30.3 Å². The summed E-state index contributed by atoms with van der Waals surface area (Å²) in [5.74, 6) is 1.29. The number of imidazole rings is 1. The van der Waals surface area contributed by atoms with Crippen LogP contribution in [0.2, 0.25) is 5.02 Å². The van der Waals surface area contributed by atoms with Crippen LogP contribution in [-0.2, 0) is 34.3 Å². The summed E-state index contributed by atoms with van der Waals surface area (Å²) in [4.78, 5) is 12.3. The molecule has 0 amide bonds. The molecular formula is C29H32ClFN6O3S. The average Bonchev–Trinajstić information content (AvgIpc) is 3.26. The Hall–Kier alpha value is -3.09. The predicted octanol–water partition coefficient (Wildman–Crippen LogP) is 5.25. The van der Waals surface area contributed by atoms with Crippen molar-refractivity contribution in [1.82, 2.24) is 19.4 Å². The number of pyridine rings is 1. The Morgan fingerprint density at radius 1 is 1.12 bits per heavy atom. The Balaban J connectivity index is 1.12. The van der Waals surface area contributed by atoms with Crippen LogP contribution in [0.25, 0.3) is 11.0 Å². The number of nitrogens with one attached hydrogen (secondary N) is 1. The molecule has 2 unspecified atom stereocenters. The number of likely N-dealkylation sites (tertiary alicyclic amines) is 1. The van der Waals surface area contributed by atoms with E-state index in [1.807, 2.05) is 18.2 Å². The van der Waals surface area contributed by atoms with Gasteiger partial charge in [0, 0.05) is 34.9 Å². The lowest BCUT2D eigenvalue weighted by atomic mass is 9.93. The SMILES string of the molecule is N=S(N)(=O)c1ccc2c(c1)nc(CN1CCC(c3cccc(OCc4ccc(Cl)cc4F)n3)CC1)n2CC1CCO1. The molecule has 6 rings (SSSR count). The summed E-state index contributed by atoms with van der Waals surface area (Å²) in [6, 6.07) is 15.5. The molecule has 2 aromatic carbocycles. The van der Waals surface area contributed by atoms with Crippen molar-refractivity contribution in [3.8, 4) is 5.88 Å². The van der Waals surface area contributed by atoms with Crippen LogP contribution in [0.5, 0.6) is 5.88 Å². The molecule has 12 heteroatoms. The van der Waals surface area contributed by atoms with Crippen LogP contribution in [0.4, 0.5) is 4.39 Å². The molecule has 216 valence electrons. The van der Waals surface area contributed by atoms with Crippen molar-refractivity contribution in [3.05, 3.63) is 82.5 Å². The summed E-state index contributed by atoms with van der Waals surface area (Å²) in [6.45, 7) is 3.99. The van der Waals surface area contributed by atoms with Gasteiger partial charge in [-0.25, -0.2) is 28.5 Å². The van der Waals surface area contributed by atoms with Gasteiger partial charge in [-0.1, -0.05) is 23.7 Å². The Kier molecular flexibility index (Phi) is 7.97. The predicted molar refractivity (Wildman–Crippen MR) is 155 cm³/mol. The van der Waals surface area contributed by atoms with E-state index in [0.717, 1.165) is 56.0 Å². The zero-order valence-electron chi connectivity index (χ0n) is 22.5. The van der Waals surface area contributed by atoms with Crippen molar-refractivity contribution in [2.75, 3.05) is 19.7 Å². The molecule has 0 aliphatic carbocycles. The zero-order valence-corrected chi connectivity index (χ0v) is 24.0. The number of ether oxygens (including phenoxy) is 2. The number of piperidine rings is 1. The third kappa shape index (κ3) is 6.39. The van der Waals surface area contributed by atoms with E-state index >= 15 is 0 Å². The minimum Gasteiger partial charge on any atom is -0.473 e. The first-order valence-corrected chi connectivity index (χ1v) is 15.7.